The van der Waals surface area contributed by atoms with Gasteiger partial charge in [0.2, 0.25) is 15.9 Å². The van der Waals surface area contributed by atoms with Gasteiger partial charge in [-0.25, -0.2) is 17.8 Å². The predicted octanol–water partition coefficient (Wildman–Crippen LogP) is 2.42. The minimum absolute atomic E-state index is 0.0420. The second-order valence-corrected chi connectivity index (χ2v) is 8.60. The van der Waals surface area contributed by atoms with E-state index in [9.17, 15) is 31.2 Å². The first-order chi connectivity index (χ1) is 14.9. The molecule has 0 aliphatic carbocycles. The lowest BCUT2D eigenvalue weighted by Gasteiger charge is -2.10. The molecular formula is C20H19F3N4O4S. The van der Waals surface area contributed by atoms with E-state index in [-0.39, 0.29) is 5.69 Å². The van der Waals surface area contributed by atoms with Gasteiger partial charge >= 0.3 is 6.18 Å². The van der Waals surface area contributed by atoms with Crippen LogP contribution < -0.4 is 15.6 Å². The molecule has 170 valence electrons. The van der Waals surface area contributed by atoms with Gasteiger partial charge in [0.15, 0.2) is 0 Å². The molecule has 0 aliphatic heterocycles. The topological polar surface area (TPSA) is 102 Å². The summed E-state index contributed by atoms with van der Waals surface area (Å²) in [5.74, 6) is -0.855. The van der Waals surface area contributed by atoms with E-state index >= 15 is 0 Å². The zero-order valence-electron chi connectivity index (χ0n) is 17.0. The fourth-order valence-electron chi connectivity index (χ4n) is 2.98. The van der Waals surface area contributed by atoms with Gasteiger partial charge in [0.05, 0.1) is 28.4 Å². The molecule has 0 saturated heterocycles. The maximum atomic E-state index is 12.8. The maximum absolute atomic E-state index is 12.8. The Morgan fingerprint density at radius 3 is 2.34 bits per heavy atom. The van der Waals surface area contributed by atoms with Crippen LogP contribution in [0.2, 0.25) is 0 Å². The zero-order valence-corrected chi connectivity index (χ0v) is 17.8. The second-order valence-electron chi connectivity index (χ2n) is 6.83. The average Bonchev–Trinajstić information content (AvgIpc) is 2.95. The van der Waals surface area contributed by atoms with Crippen molar-refractivity contribution in [3.63, 3.8) is 0 Å². The molecule has 12 heteroatoms. The number of amides is 1. The summed E-state index contributed by atoms with van der Waals surface area (Å²) in [4.78, 5) is 24.4. The Labute approximate surface area is 181 Å². The van der Waals surface area contributed by atoms with Crippen LogP contribution in [0.5, 0.6) is 0 Å². The lowest BCUT2D eigenvalue weighted by atomic mass is 10.2. The van der Waals surface area contributed by atoms with Gasteiger partial charge in [-0.1, -0.05) is 24.3 Å². The van der Waals surface area contributed by atoms with E-state index in [4.69, 9.17) is 0 Å². The van der Waals surface area contributed by atoms with Crippen LogP contribution >= 0.6 is 0 Å². The number of hydrogen-bond acceptors (Lipinski definition) is 4. The highest BCUT2D eigenvalue weighted by atomic mass is 32.2. The lowest BCUT2D eigenvalue weighted by molar-refractivity contribution is -0.137. The molecule has 1 aromatic heterocycles. The Morgan fingerprint density at radius 2 is 1.72 bits per heavy atom. The Bertz CT molecular complexity index is 1310. The number of carbonyl (C=O) groups excluding carboxylic acids is 1. The summed E-state index contributed by atoms with van der Waals surface area (Å²) in [7, 11) is -2.78. The second kappa shape index (κ2) is 8.63. The van der Waals surface area contributed by atoms with Crippen LogP contribution in [0.3, 0.4) is 0 Å². The highest BCUT2D eigenvalue weighted by Gasteiger charge is 2.31. The first-order valence-corrected chi connectivity index (χ1v) is 10.7. The van der Waals surface area contributed by atoms with Crippen LogP contribution in [-0.2, 0) is 28.0 Å². The number of anilines is 1. The van der Waals surface area contributed by atoms with Crippen LogP contribution in [0.1, 0.15) is 11.3 Å². The number of nitrogens with one attached hydrogen (secondary N) is 2. The molecule has 2 N–H and O–H groups in total. The van der Waals surface area contributed by atoms with E-state index in [1.807, 2.05) is 4.72 Å². The van der Waals surface area contributed by atoms with Gasteiger partial charge in [-0.15, -0.1) is 0 Å². The Morgan fingerprint density at radius 1 is 1.06 bits per heavy atom. The summed E-state index contributed by atoms with van der Waals surface area (Å²) < 4.78 is 67.9. The molecule has 0 atom stereocenters. The van der Waals surface area contributed by atoms with Gasteiger partial charge in [0.25, 0.3) is 5.56 Å². The molecule has 8 nitrogen and oxygen atoms in total. The number of nitrogens with zero attached hydrogens (tertiary/aromatic N) is 2. The molecule has 0 fully saturated rings. The number of hydrogen-bond donors (Lipinski definition) is 2. The molecule has 2 aromatic carbocycles. The van der Waals surface area contributed by atoms with Crippen molar-refractivity contribution < 1.29 is 26.4 Å². The Balaban J connectivity index is 1.77. The standard InChI is InChI=1S/C20H19F3N4O4S/c1-13-18(19(29)27(26(13)2)15-8-4-3-5-9-15)25-17(28)12-24-32(30,31)16-10-6-7-14(11-16)20(21,22)23/h3-11,24H,12H2,1-2H3,(H,25,28). The minimum Gasteiger partial charge on any atom is -0.319 e. The minimum atomic E-state index is -4.72. The molecule has 1 amide bonds. The largest absolute Gasteiger partial charge is 0.416 e. The first kappa shape index (κ1) is 23.3. The highest BCUT2D eigenvalue weighted by molar-refractivity contribution is 7.89. The van der Waals surface area contributed by atoms with E-state index in [2.05, 4.69) is 5.32 Å². The van der Waals surface area contributed by atoms with E-state index in [0.717, 1.165) is 18.2 Å². The molecule has 3 rings (SSSR count). The van der Waals surface area contributed by atoms with Crippen LogP contribution in [-0.4, -0.2) is 30.2 Å². The molecule has 0 unspecified atom stereocenters. The molecule has 3 aromatic rings. The van der Waals surface area contributed by atoms with Crippen molar-refractivity contribution in [1.82, 2.24) is 14.1 Å². The molecule has 0 bridgehead atoms. The third-order valence-corrected chi connectivity index (χ3v) is 6.11. The number of para-hydroxylation sites is 1. The summed E-state index contributed by atoms with van der Waals surface area (Å²) >= 11 is 0. The van der Waals surface area contributed by atoms with Crippen molar-refractivity contribution in [2.45, 2.75) is 18.0 Å². The summed E-state index contributed by atoms with van der Waals surface area (Å²) in [5, 5.41) is 2.37. The van der Waals surface area contributed by atoms with Crippen LogP contribution in [0.15, 0.2) is 64.3 Å². The number of sulfonamides is 1. The van der Waals surface area contributed by atoms with Crippen molar-refractivity contribution >= 4 is 21.6 Å². The normalized spacial score (nSPS) is 12.0. The quantitative estimate of drug-likeness (QED) is 0.580. The summed E-state index contributed by atoms with van der Waals surface area (Å²) in [5.41, 5.74) is -0.710. The zero-order chi connectivity index (χ0) is 23.7. The average molecular weight is 468 g/mol. The molecule has 0 aliphatic rings. The van der Waals surface area contributed by atoms with Crippen LogP contribution in [0, 0.1) is 6.92 Å². The van der Waals surface area contributed by atoms with Crippen molar-refractivity contribution in [3.8, 4) is 5.69 Å². The fraction of sp³-hybridized carbons (Fsp3) is 0.200. The smallest absolute Gasteiger partial charge is 0.319 e. The number of rotatable bonds is 6. The van der Waals surface area contributed by atoms with Crippen molar-refractivity contribution in [3.05, 3.63) is 76.2 Å². The summed E-state index contributed by atoms with van der Waals surface area (Å²) in [6, 6.07) is 11.8. The van der Waals surface area contributed by atoms with Gasteiger partial charge in [0, 0.05) is 7.05 Å². The van der Waals surface area contributed by atoms with Gasteiger partial charge in [-0.05, 0) is 37.3 Å². The van der Waals surface area contributed by atoms with Crippen LogP contribution in [0.25, 0.3) is 5.69 Å². The highest BCUT2D eigenvalue weighted by Crippen LogP contribution is 2.30. The molecule has 0 radical (unpaired) electrons. The number of alkyl halides is 3. The van der Waals surface area contributed by atoms with E-state index in [0.29, 0.717) is 17.4 Å². The number of benzene rings is 2. The summed E-state index contributed by atoms with van der Waals surface area (Å²) in [6.45, 7) is 0.820. The summed E-state index contributed by atoms with van der Waals surface area (Å²) in [6.07, 6.45) is -4.72. The van der Waals surface area contributed by atoms with Crippen molar-refractivity contribution in [2.24, 2.45) is 7.05 Å². The number of aromatic nitrogens is 2. The SMILES string of the molecule is Cc1c(NC(=O)CNS(=O)(=O)c2cccc(C(F)(F)F)c2)c(=O)n(-c2ccccc2)n1C. The van der Waals surface area contributed by atoms with E-state index in [1.54, 1.807) is 44.3 Å². The first-order valence-electron chi connectivity index (χ1n) is 9.22. The van der Waals surface area contributed by atoms with Crippen molar-refractivity contribution in [1.29, 1.82) is 0 Å². The van der Waals surface area contributed by atoms with Gasteiger partial charge in [0.1, 0.15) is 5.69 Å². The molecule has 0 spiro atoms. The number of halogens is 3. The van der Waals surface area contributed by atoms with Crippen molar-refractivity contribution in [2.75, 3.05) is 11.9 Å². The third kappa shape index (κ3) is 4.75. The third-order valence-electron chi connectivity index (χ3n) is 4.71. The molecular weight excluding hydrogens is 449 g/mol. The Hall–Kier alpha value is -3.38. The lowest BCUT2D eigenvalue weighted by Crippen LogP contribution is -2.34. The predicted molar refractivity (Wildman–Crippen MR) is 111 cm³/mol. The van der Waals surface area contributed by atoms with Gasteiger partial charge < -0.3 is 5.32 Å². The number of carbonyl (C=O) groups is 1. The fourth-order valence-corrected chi connectivity index (χ4v) is 4.01. The van der Waals surface area contributed by atoms with Gasteiger partial charge in [-0.2, -0.15) is 13.2 Å². The monoisotopic (exact) mass is 468 g/mol. The molecule has 1 heterocycles. The van der Waals surface area contributed by atoms with Crippen LogP contribution in [0.4, 0.5) is 18.9 Å². The van der Waals surface area contributed by atoms with E-state index in [1.165, 1.54) is 9.36 Å². The maximum Gasteiger partial charge on any atom is 0.416 e. The van der Waals surface area contributed by atoms with Gasteiger partial charge in [-0.3, -0.25) is 14.3 Å². The Kier molecular flexibility index (Phi) is 6.28. The van der Waals surface area contributed by atoms with E-state index < -0.39 is 44.7 Å². The molecule has 0 saturated carbocycles. The molecule has 32 heavy (non-hydrogen) atoms.